The van der Waals surface area contributed by atoms with Crippen LogP contribution in [0.4, 0.5) is 14.5 Å². The number of piperazine rings is 1. The SMILES string of the molecule is CC(=O)c1ccc(N2CCN(C(=O)Cn3nc(-c4ccc(F)cc4)oc3=O)CC2)c(F)c1. The number of hydrogen-bond donors (Lipinski definition) is 0. The van der Waals surface area contributed by atoms with Gasteiger partial charge >= 0.3 is 5.76 Å². The fourth-order valence-electron chi connectivity index (χ4n) is 3.52. The summed E-state index contributed by atoms with van der Waals surface area (Å²) < 4.78 is 33.5. The molecule has 1 saturated heterocycles. The second-order valence-corrected chi connectivity index (χ2v) is 7.43. The van der Waals surface area contributed by atoms with Crippen molar-refractivity contribution in [3.8, 4) is 11.5 Å². The molecule has 0 spiro atoms. The van der Waals surface area contributed by atoms with Crippen LogP contribution in [-0.2, 0) is 11.3 Å². The first-order valence-corrected chi connectivity index (χ1v) is 9.99. The Labute approximate surface area is 181 Å². The van der Waals surface area contributed by atoms with Gasteiger partial charge in [-0.3, -0.25) is 9.59 Å². The molecule has 166 valence electrons. The second kappa shape index (κ2) is 8.74. The normalized spacial score (nSPS) is 14.0. The Bertz CT molecular complexity index is 1210. The van der Waals surface area contributed by atoms with Gasteiger partial charge in [0.1, 0.15) is 18.2 Å². The molecule has 0 bridgehead atoms. The van der Waals surface area contributed by atoms with Gasteiger partial charge in [0.2, 0.25) is 11.8 Å². The number of Topliss-reactive ketones (excluding diaryl/α,β-unsaturated/α-hetero) is 1. The summed E-state index contributed by atoms with van der Waals surface area (Å²) in [6.45, 7) is 2.55. The van der Waals surface area contributed by atoms with Crippen molar-refractivity contribution < 1.29 is 22.8 Å². The van der Waals surface area contributed by atoms with Gasteiger partial charge in [0, 0.05) is 37.3 Å². The van der Waals surface area contributed by atoms with Gasteiger partial charge in [0.15, 0.2) is 5.78 Å². The third-order valence-corrected chi connectivity index (χ3v) is 5.31. The van der Waals surface area contributed by atoms with E-state index in [4.69, 9.17) is 4.42 Å². The van der Waals surface area contributed by atoms with Crippen LogP contribution in [-0.4, -0.2) is 52.5 Å². The van der Waals surface area contributed by atoms with Gasteiger partial charge in [-0.2, -0.15) is 4.68 Å². The van der Waals surface area contributed by atoms with E-state index in [0.717, 1.165) is 4.68 Å². The molecule has 1 aliphatic rings. The van der Waals surface area contributed by atoms with Crippen LogP contribution in [0.25, 0.3) is 11.5 Å². The predicted octanol–water partition coefficient (Wildman–Crippen LogP) is 2.33. The number of carbonyl (C=O) groups excluding carboxylic acids is 2. The minimum atomic E-state index is -0.788. The molecule has 0 radical (unpaired) electrons. The predicted molar refractivity (Wildman–Crippen MR) is 111 cm³/mol. The van der Waals surface area contributed by atoms with E-state index >= 15 is 0 Å². The van der Waals surface area contributed by atoms with Crippen molar-refractivity contribution in [1.29, 1.82) is 0 Å². The van der Waals surface area contributed by atoms with Crippen LogP contribution in [0.1, 0.15) is 17.3 Å². The maximum atomic E-state index is 14.4. The van der Waals surface area contributed by atoms with Gasteiger partial charge in [-0.05, 0) is 49.4 Å². The van der Waals surface area contributed by atoms with Crippen LogP contribution in [0.3, 0.4) is 0 Å². The van der Waals surface area contributed by atoms with Crippen molar-refractivity contribution in [3.63, 3.8) is 0 Å². The van der Waals surface area contributed by atoms with Crippen molar-refractivity contribution in [2.24, 2.45) is 0 Å². The first kappa shape index (κ1) is 21.4. The fourth-order valence-corrected chi connectivity index (χ4v) is 3.52. The molecule has 2 aromatic carbocycles. The molecule has 32 heavy (non-hydrogen) atoms. The Balaban J connectivity index is 1.39. The molecule has 0 saturated carbocycles. The minimum Gasteiger partial charge on any atom is -0.388 e. The third kappa shape index (κ3) is 4.43. The lowest BCUT2D eigenvalue weighted by Crippen LogP contribution is -2.50. The zero-order valence-corrected chi connectivity index (χ0v) is 17.3. The zero-order chi connectivity index (χ0) is 22.8. The summed E-state index contributed by atoms with van der Waals surface area (Å²) in [5.41, 5.74) is 1.10. The second-order valence-electron chi connectivity index (χ2n) is 7.43. The summed E-state index contributed by atoms with van der Waals surface area (Å²) >= 11 is 0. The average Bonchev–Trinajstić information content (AvgIpc) is 3.14. The van der Waals surface area contributed by atoms with Crippen LogP contribution < -0.4 is 10.7 Å². The van der Waals surface area contributed by atoms with Gasteiger partial charge in [0.05, 0.1) is 5.69 Å². The number of ketones is 1. The molecular formula is C22H20F2N4O4. The molecule has 1 aliphatic heterocycles. The Hall–Kier alpha value is -3.82. The van der Waals surface area contributed by atoms with Gasteiger partial charge in [-0.1, -0.05) is 0 Å². The standard InChI is InChI=1S/C22H20F2N4O4/c1-14(29)16-4-7-19(18(24)12-16)26-8-10-27(11-9-26)20(30)13-28-22(31)32-21(25-28)15-2-5-17(23)6-3-15/h2-7,12H,8-11,13H2,1H3. The molecule has 4 rings (SSSR count). The Morgan fingerprint density at radius 3 is 2.34 bits per heavy atom. The van der Waals surface area contributed by atoms with E-state index in [0.29, 0.717) is 43.0 Å². The van der Waals surface area contributed by atoms with Crippen molar-refractivity contribution >= 4 is 17.4 Å². The molecule has 10 heteroatoms. The van der Waals surface area contributed by atoms with Crippen molar-refractivity contribution in [2.45, 2.75) is 13.5 Å². The lowest BCUT2D eigenvalue weighted by atomic mass is 10.1. The summed E-state index contributed by atoms with van der Waals surface area (Å²) in [6, 6.07) is 9.64. The molecule has 0 N–H and O–H groups in total. The van der Waals surface area contributed by atoms with E-state index in [2.05, 4.69) is 5.10 Å². The molecule has 3 aromatic rings. The summed E-state index contributed by atoms with van der Waals surface area (Å²) in [5.74, 6) is -2.24. The maximum absolute atomic E-state index is 14.4. The van der Waals surface area contributed by atoms with Gasteiger partial charge in [-0.25, -0.2) is 13.6 Å². The molecular weight excluding hydrogens is 422 g/mol. The topological polar surface area (TPSA) is 88.7 Å². The Morgan fingerprint density at radius 2 is 1.72 bits per heavy atom. The average molecular weight is 442 g/mol. The van der Waals surface area contributed by atoms with E-state index in [1.54, 1.807) is 21.9 Å². The van der Waals surface area contributed by atoms with Gasteiger partial charge < -0.3 is 14.2 Å². The van der Waals surface area contributed by atoms with Crippen LogP contribution in [0.5, 0.6) is 0 Å². The molecule has 2 heterocycles. The van der Waals surface area contributed by atoms with E-state index < -0.39 is 17.4 Å². The van der Waals surface area contributed by atoms with E-state index in [1.807, 2.05) is 0 Å². The number of rotatable bonds is 5. The number of amides is 1. The summed E-state index contributed by atoms with van der Waals surface area (Å²) in [7, 11) is 0. The molecule has 0 unspecified atom stereocenters. The largest absolute Gasteiger partial charge is 0.437 e. The molecule has 1 aromatic heterocycles. The molecule has 0 atom stereocenters. The third-order valence-electron chi connectivity index (χ3n) is 5.31. The highest BCUT2D eigenvalue weighted by atomic mass is 19.1. The lowest BCUT2D eigenvalue weighted by Gasteiger charge is -2.36. The smallest absolute Gasteiger partial charge is 0.388 e. The van der Waals surface area contributed by atoms with E-state index in [1.165, 1.54) is 37.3 Å². The van der Waals surface area contributed by atoms with Crippen LogP contribution in [0.15, 0.2) is 51.7 Å². The van der Waals surface area contributed by atoms with Gasteiger partial charge in [-0.15, -0.1) is 5.10 Å². The van der Waals surface area contributed by atoms with Gasteiger partial charge in [0.25, 0.3) is 0 Å². The highest BCUT2D eigenvalue weighted by Gasteiger charge is 2.24. The van der Waals surface area contributed by atoms with Crippen LogP contribution in [0, 0.1) is 11.6 Å². The lowest BCUT2D eigenvalue weighted by molar-refractivity contribution is -0.132. The quantitative estimate of drug-likeness (QED) is 0.564. The summed E-state index contributed by atoms with van der Waals surface area (Å²) in [6.07, 6.45) is 0. The van der Waals surface area contributed by atoms with Crippen LogP contribution >= 0.6 is 0 Å². The van der Waals surface area contributed by atoms with E-state index in [9.17, 15) is 23.2 Å². The van der Waals surface area contributed by atoms with Crippen molar-refractivity contribution in [1.82, 2.24) is 14.7 Å². The molecule has 1 amide bonds. The molecule has 0 aliphatic carbocycles. The number of carbonyl (C=O) groups is 2. The zero-order valence-electron chi connectivity index (χ0n) is 17.3. The highest BCUT2D eigenvalue weighted by Crippen LogP contribution is 2.22. The first-order valence-electron chi connectivity index (χ1n) is 9.99. The van der Waals surface area contributed by atoms with Crippen LogP contribution in [0.2, 0.25) is 0 Å². The Kier molecular flexibility index (Phi) is 5.85. The summed E-state index contributed by atoms with van der Waals surface area (Å²) in [4.78, 5) is 39.5. The highest BCUT2D eigenvalue weighted by molar-refractivity contribution is 5.94. The minimum absolute atomic E-state index is 0.00268. The number of nitrogens with zero attached hydrogens (tertiary/aromatic N) is 4. The number of aromatic nitrogens is 2. The Morgan fingerprint density at radius 1 is 1.03 bits per heavy atom. The number of halogens is 2. The summed E-state index contributed by atoms with van der Waals surface area (Å²) in [5, 5.41) is 4.02. The fraction of sp³-hybridized carbons (Fsp3) is 0.273. The monoisotopic (exact) mass is 442 g/mol. The van der Waals surface area contributed by atoms with E-state index in [-0.39, 0.29) is 24.1 Å². The first-order chi connectivity index (χ1) is 15.3. The number of benzene rings is 2. The maximum Gasteiger partial charge on any atom is 0.437 e. The molecule has 8 nitrogen and oxygen atoms in total. The number of hydrogen-bond acceptors (Lipinski definition) is 6. The van der Waals surface area contributed by atoms with Crippen molar-refractivity contribution in [3.05, 3.63) is 70.2 Å². The molecule has 1 fully saturated rings. The van der Waals surface area contributed by atoms with Crippen molar-refractivity contribution in [2.75, 3.05) is 31.1 Å². The number of anilines is 1.